The predicted octanol–water partition coefficient (Wildman–Crippen LogP) is 4.48. The first-order valence-corrected chi connectivity index (χ1v) is 7.76. The third-order valence-corrected chi connectivity index (χ3v) is 4.62. The molecule has 0 saturated carbocycles. The minimum atomic E-state index is 0.368. The Morgan fingerprint density at radius 3 is 2.18 bits per heavy atom. The van der Waals surface area contributed by atoms with Crippen LogP contribution in [0.1, 0.15) is 50.9 Å². The molecule has 1 heterocycles. The highest BCUT2D eigenvalue weighted by molar-refractivity contribution is 9.09. The van der Waals surface area contributed by atoms with Crippen molar-refractivity contribution in [1.29, 1.82) is 0 Å². The van der Waals surface area contributed by atoms with E-state index in [1.54, 1.807) is 0 Å². The summed E-state index contributed by atoms with van der Waals surface area (Å²) >= 11 is 3.72. The molecule has 0 aliphatic heterocycles. The van der Waals surface area contributed by atoms with Gasteiger partial charge in [-0.3, -0.25) is 4.68 Å². The lowest BCUT2D eigenvalue weighted by Crippen LogP contribution is -2.29. The molecule has 0 N–H and O–H groups in total. The number of nitrogens with zero attached hydrogens (tertiary/aromatic N) is 2. The number of hydrogen-bond acceptors (Lipinski definition) is 1. The summed E-state index contributed by atoms with van der Waals surface area (Å²) in [4.78, 5) is 0. The van der Waals surface area contributed by atoms with E-state index in [1.165, 1.54) is 31.4 Å². The lowest BCUT2D eigenvalue weighted by Gasteiger charge is -2.32. The molecule has 1 aromatic rings. The topological polar surface area (TPSA) is 17.8 Å². The van der Waals surface area contributed by atoms with Gasteiger partial charge in [-0.15, -0.1) is 0 Å². The van der Waals surface area contributed by atoms with Gasteiger partial charge in [-0.25, -0.2) is 0 Å². The first kappa shape index (κ1) is 14.7. The lowest BCUT2D eigenvalue weighted by molar-refractivity contribution is 0.221. The minimum Gasteiger partial charge on any atom is -0.269 e. The molecule has 98 valence electrons. The summed E-state index contributed by atoms with van der Waals surface area (Å²) in [5, 5.41) is 5.67. The van der Waals surface area contributed by atoms with Crippen LogP contribution in [0.15, 0.2) is 6.07 Å². The molecule has 0 bridgehead atoms. The molecule has 17 heavy (non-hydrogen) atoms. The Morgan fingerprint density at radius 1 is 1.24 bits per heavy atom. The van der Waals surface area contributed by atoms with E-state index in [2.05, 4.69) is 59.5 Å². The standard InChI is InChI=1S/C14H25BrN2/c1-5-7-14(10-15,8-6-2)11-17-13(4)9-12(3)16-17/h9H,5-8,10-11H2,1-4H3. The maximum Gasteiger partial charge on any atom is 0.0596 e. The van der Waals surface area contributed by atoms with Gasteiger partial charge >= 0.3 is 0 Å². The summed E-state index contributed by atoms with van der Waals surface area (Å²) < 4.78 is 2.18. The third kappa shape index (κ3) is 3.84. The largest absolute Gasteiger partial charge is 0.269 e. The van der Waals surface area contributed by atoms with Crippen LogP contribution in [0, 0.1) is 19.3 Å². The van der Waals surface area contributed by atoms with Crippen molar-refractivity contribution in [1.82, 2.24) is 9.78 Å². The molecule has 0 atom stereocenters. The smallest absolute Gasteiger partial charge is 0.0596 e. The van der Waals surface area contributed by atoms with E-state index >= 15 is 0 Å². The Bertz CT molecular complexity index is 338. The van der Waals surface area contributed by atoms with E-state index < -0.39 is 0 Å². The molecule has 2 nitrogen and oxygen atoms in total. The Hall–Kier alpha value is -0.310. The highest BCUT2D eigenvalue weighted by atomic mass is 79.9. The molecule has 0 aliphatic carbocycles. The Labute approximate surface area is 114 Å². The molecule has 0 radical (unpaired) electrons. The van der Waals surface area contributed by atoms with Crippen molar-refractivity contribution in [3.63, 3.8) is 0 Å². The Kier molecular flexibility index (Phi) is 5.71. The zero-order valence-corrected chi connectivity index (χ0v) is 13.2. The van der Waals surface area contributed by atoms with Crippen LogP contribution in [0.4, 0.5) is 0 Å². The summed E-state index contributed by atoms with van der Waals surface area (Å²) in [5.74, 6) is 0. The number of alkyl halides is 1. The van der Waals surface area contributed by atoms with Gasteiger partial charge in [-0.2, -0.15) is 5.10 Å². The molecule has 0 amide bonds. The summed E-state index contributed by atoms with van der Waals surface area (Å²) in [6.45, 7) is 9.80. The van der Waals surface area contributed by atoms with Gasteiger partial charge in [0.15, 0.2) is 0 Å². The van der Waals surface area contributed by atoms with Gasteiger partial charge in [0.05, 0.1) is 5.69 Å². The highest BCUT2D eigenvalue weighted by Crippen LogP contribution is 2.34. The number of aryl methyl sites for hydroxylation is 2. The van der Waals surface area contributed by atoms with Crippen molar-refractivity contribution in [2.75, 3.05) is 5.33 Å². The summed E-state index contributed by atoms with van der Waals surface area (Å²) in [6.07, 6.45) is 5.02. The molecule has 0 aliphatic rings. The van der Waals surface area contributed by atoms with Crippen LogP contribution in [-0.2, 0) is 6.54 Å². The lowest BCUT2D eigenvalue weighted by atomic mass is 9.81. The fourth-order valence-electron chi connectivity index (χ4n) is 2.67. The van der Waals surface area contributed by atoms with Gasteiger partial charge in [0.25, 0.3) is 0 Å². The second-order valence-electron chi connectivity index (χ2n) is 5.22. The van der Waals surface area contributed by atoms with E-state index in [1.807, 2.05) is 0 Å². The first-order chi connectivity index (χ1) is 8.06. The fourth-order valence-corrected chi connectivity index (χ4v) is 3.41. The highest BCUT2D eigenvalue weighted by Gasteiger charge is 2.28. The average Bonchev–Trinajstić information content (AvgIpc) is 2.58. The molecular formula is C14H25BrN2. The summed E-state index contributed by atoms with van der Waals surface area (Å²) in [7, 11) is 0. The van der Waals surface area contributed by atoms with Gasteiger partial charge in [-0.05, 0) is 38.2 Å². The molecule has 3 heteroatoms. The van der Waals surface area contributed by atoms with Gasteiger partial charge in [0, 0.05) is 17.6 Å². The van der Waals surface area contributed by atoms with E-state index in [0.29, 0.717) is 5.41 Å². The van der Waals surface area contributed by atoms with Crippen molar-refractivity contribution in [2.45, 2.75) is 59.9 Å². The van der Waals surface area contributed by atoms with Crippen molar-refractivity contribution in [3.05, 3.63) is 17.5 Å². The van der Waals surface area contributed by atoms with Gasteiger partial charge in [0.1, 0.15) is 0 Å². The number of halogens is 1. The molecule has 0 aromatic carbocycles. The van der Waals surface area contributed by atoms with Crippen molar-refractivity contribution >= 4 is 15.9 Å². The first-order valence-electron chi connectivity index (χ1n) is 6.64. The summed E-state index contributed by atoms with van der Waals surface area (Å²) in [6, 6.07) is 2.16. The molecule has 0 spiro atoms. The van der Waals surface area contributed by atoms with E-state index in [-0.39, 0.29) is 0 Å². The van der Waals surface area contributed by atoms with Gasteiger partial charge < -0.3 is 0 Å². The normalized spacial score (nSPS) is 12.1. The van der Waals surface area contributed by atoms with Gasteiger partial charge in [0.2, 0.25) is 0 Å². The third-order valence-electron chi connectivity index (χ3n) is 3.43. The monoisotopic (exact) mass is 300 g/mol. The van der Waals surface area contributed by atoms with Crippen molar-refractivity contribution < 1.29 is 0 Å². The van der Waals surface area contributed by atoms with Crippen LogP contribution in [0.3, 0.4) is 0 Å². The van der Waals surface area contributed by atoms with Crippen molar-refractivity contribution in [3.8, 4) is 0 Å². The van der Waals surface area contributed by atoms with Crippen LogP contribution in [-0.4, -0.2) is 15.1 Å². The number of hydrogen-bond donors (Lipinski definition) is 0. The summed E-state index contributed by atoms with van der Waals surface area (Å²) in [5.41, 5.74) is 2.77. The second-order valence-corrected chi connectivity index (χ2v) is 5.78. The molecule has 1 rings (SSSR count). The molecule has 1 aromatic heterocycles. The number of aromatic nitrogens is 2. The average molecular weight is 301 g/mol. The SMILES string of the molecule is CCCC(CBr)(CCC)Cn1nc(C)cc1C. The van der Waals surface area contributed by atoms with Crippen LogP contribution < -0.4 is 0 Å². The van der Waals surface area contributed by atoms with E-state index in [4.69, 9.17) is 0 Å². The zero-order valence-electron chi connectivity index (χ0n) is 11.6. The molecular weight excluding hydrogens is 276 g/mol. The van der Waals surface area contributed by atoms with Gasteiger partial charge in [-0.1, -0.05) is 42.6 Å². The molecule has 0 unspecified atom stereocenters. The Morgan fingerprint density at radius 2 is 1.82 bits per heavy atom. The van der Waals surface area contributed by atoms with E-state index in [0.717, 1.165) is 17.6 Å². The second kappa shape index (κ2) is 6.58. The van der Waals surface area contributed by atoms with Crippen molar-refractivity contribution in [2.24, 2.45) is 5.41 Å². The fraction of sp³-hybridized carbons (Fsp3) is 0.786. The molecule has 0 saturated heterocycles. The maximum atomic E-state index is 4.60. The van der Waals surface area contributed by atoms with Crippen LogP contribution in [0.25, 0.3) is 0 Å². The number of rotatable bonds is 7. The quantitative estimate of drug-likeness (QED) is 0.679. The minimum absolute atomic E-state index is 0.368. The Balaban J connectivity index is 2.87. The zero-order chi connectivity index (χ0) is 12.9. The molecule has 0 fully saturated rings. The van der Waals surface area contributed by atoms with Crippen LogP contribution >= 0.6 is 15.9 Å². The van der Waals surface area contributed by atoms with Crippen LogP contribution in [0.5, 0.6) is 0 Å². The van der Waals surface area contributed by atoms with Crippen LogP contribution in [0.2, 0.25) is 0 Å². The van der Waals surface area contributed by atoms with E-state index in [9.17, 15) is 0 Å². The predicted molar refractivity (Wildman–Crippen MR) is 77.7 cm³/mol. The maximum absolute atomic E-state index is 4.60.